The molecule has 0 fully saturated rings. The number of hydrogen-bond acceptors (Lipinski definition) is 3. The Morgan fingerprint density at radius 1 is 1.59 bits per heavy atom. The van der Waals surface area contributed by atoms with Crippen LogP contribution in [-0.4, -0.2) is 39.0 Å². The molecule has 1 heterocycles. The van der Waals surface area contributed by atoms with Gasteiger partial charge >= 0.3 is 0 Å². The third-order valence-electron chi connectivity index (χ3n) is 2.64. The van der Waals surface area contributed by atoms with Crippen LogP contribution in [0.1, 0.15) is 12.5 Å². The van der Waals surface area contributed by atoms with Gasteiger partial charge in [0.25, 0.3) is 5.91 Å². The number of carbonyl (C=O) groups excluding carboxylic acids is 1. The highest BCUT2D eigenvalue weighted by molar-refractivity contribution is 5.80. The van der Waals surface area contributed by atoms with Gasteiger partial charge in [0.2, 0.25) is 0 Å². The quantitative estimate of drug-likeness (QED) is 0.827. The number of amides is 1. The summed E-state index contributed by atoms with van der Waals surface area (Å²) in [5, 5.41) is 9.20. The molecule has 0 aliphatic heterocycles. The molecule has 5 nitrogen and oxygen atoms in total. The van der Waals surface area contributed by atoms with Gasteiger partial charge in [-0.15, -0.1) is 0 Å². The van der Waals surface area contributed by atoms with E-state index in [9.17, 15) is 9.90 Å². The number of aromatic nitrogens is 2. The summed E-state index contributed by atoms with van der Waals surface area (Å²) in [6, 6.07) is 5.78. The minimum absolute atomic E-state index is 0.283. The number of carbonyl (C=O) groups is 1. The SMILES string of the molecule is CC(O)C(=O)N(C)Cc1ccc2nc[nH]c2c1. The van der Waals surface area contributed by atoms with Gasteiger partial charge in [0, 0.05) is 13.6 Å². The molecule has 2 N–H and O–H groups in total. The fourth-order valence-corrected chi connectivity index (χ4v) is 1.75. The van der Waals surface area contributed by atoms with Crippen LogP contribution >= 0.6 is 0 Å². The van der Waals surface area contributed by atoms with E-state index in [4.69, 9.17) is 0 Å². The number of rotatable bonds is 3. The van der Waals surface area contributed by atoms with E-state index in [1.54, 1.807) is 13.4 Å². The maximum atomic E-state index is 11.5. The van der Waals surface area contributed by atoms with Crippen molar-refractivity contribution in [2.75, 3.05) is 7.05 Å². The Labute approximate surface area is 99.1 Å². The first-order valence-electron chi connectivity index (χ1n) is 5.43. The number of aliphatic hydroxyl groups is 1. The van der Waals surface area contributed by atoms with E-state index >= 15 is 0 Å². The molecular formula is C12H15N3O2. The second-order valence-corrected chi connectivity index (χ2v) is 4.12. The molecule has 0 saturated heterocycles. The van der Waals surface area contributed by atoms with Crippen LogP contribution in [0.2, 0.25) is 0 Å². The summed E-state index contributed by atoms with van der Waals surface area (Å²) in [5.41, 5.74) is 2.84. The zero-order valence-electron chi connectivity index (χ0n) is 9.84. The molecule has 17 heavy (non-hydrogen) atoms. The van der Waals surface area contributed by atoms with Crippen molar-refractivity contribution in [2.24, 2.45) is 0 Å². The van der Waals surface area contributed by atoms with E-state index in [0.717, 1.165) is 16.6 Å². The molecule has 0 aliphatic carbocycles. The molecule has 2 aromatic rings. The molecular weight excluding hydrogens is 218 g/mol. The number of nitrogens with one attached hydrogen (secondary N) is 1. The van der Waals surface area contributed by atoms with E-state index in [1.807, 2.05) is 18.2 Å². The summed E-state index contributed by atoms with van der Waals surface area (Å²) in [4.78, 5) is 20.2. The Kier molecular flexibility index (Phi) is 3.10. The summed E-state index contributed by atoms with van der Waals surface area (Å²) < 4.78 is 0. The van der Waals surface area contributed by atoms with Crippen molar-refractivity contribution in [3.63, 3.8) is 0 Å². The fraction of sp³-hybridized carbons (Fsp3) is 0.333. The molecule has 0 spiro atoms. The lowest BCUT2D eigenvalue weighted by Crippen LogP contribution is -2.34. The number of imidazole rings is 1. The van der Waals surface area contributed by atoms with Gasteiger partial charge in [-0.2, -0.15) is 0 Å². The van der Waals surface area contributed by atoms with E-state index in [2.05, 4.69) is 9.97 Å². The molecule has 0 aliphatic rings. The molecule has 1 aromatic carbocycles. The van der Waals surface area contributed by atoms with Gasteiger partial charge in [0.05, 0.1) is 17.4 Å². The second-order valence-electron chi connectivity index (χ2n) is 4.12. The van der Waals surface area contributed by atoms with Crippen LogP contribution in [0.3, 0.4) is 0 Å². The zero-order valence-corrected chi connectivity index (χ0v) is 9.84. The largest absolute Gasteiger partial charge is 0.384 e. The number of aliphatic hydroxyl groups excluding tert-OH is 1. The number of H-pyrrole nitrogens is 1. The molecule has 2 rings (SSSR count). The van der Waals surface area contributed by atoms with Crippen LogP contribution < -0.4 is 0 Å². The topological polar surface area (TPSA) is 69.2 Å². The standard InChI is InChI=1S/C12H15N3O2/c1-8(16)12(17)15(2)6-9-3-4-10-11(5-9)14-7-13-10/h3-5,7-8,16H,6H2,1-2H3,(H,13,14). The van der Waals surface area contributed by atoms with E-state index in [1.165, 1.54) is 11.8 Å². The Balaban J connectivity index is 2.15. The third-order valence-corrected chi connectivity index (χ3v) is 2.64. The van der Waals surface area contributed by atoms with E-state index < -0.39 is 6.10 Å². The molecule has 0 radical (unpaired) electrons. The first kappa shape index (κ1) is 11.6. The Hall–Kier alpha value is -1.88. The molecule has 0 saturated carbocycles. The highest BCUT2D eigenvalue weighted by Crippen LogP contribution is 2.13. The molecule has 0 bridgehead atoms. The monoisotopic (exact) mass is 233 g/mol. The minimum atomic E-state index is -0.962. The predicted octanol–water partition coefficient (Wildman–Crippen LogP) is 0.902. The Bertz CT molecular complexity index is 533. The van der Waals surface area contributed by atoms with Gasteiger partial charge in [-0.1, -0.05) is 6.07 Å². The van der Waals surface area contributed by atoms with Crippen molar-refractivity contribution in [2.45, 2.75) is 19.6 Å². The lowest BCUT2D eigenvalue weighted by molar-refractivity contribution is -0.138. The van der Waals surface area contributed by atoms with Gasteiger partial charge in [-0.3, -0.25) is 4.79 Å². The Morgan fingerprint density at radius 2 is 2.35 bits per heavy atom. The summed E-state index contributed by atoms with van der Waals surface area (Å²) >= 11 is 0. The number of hydrogen-bond donors (Lipinski definition) is 2. The normalized spacial score (nSPS) is 12.6. The first-order valence-corrected chi connectivity index (χ1v) is 5.43. The molecule has 5 heteroatoms. The number of benzene rings is 1. The van der Waals surface area contributed by atoms with Gasteiger partial charge in [-0.05, 0) is 24.6 Å². The number of likely N-dealkylation sites (N-methyl/N-ethyl adjacent to an activating group) is 1. The van der Waals surface area contributed by atoms with Crippen LogP contribution in [-0.2, 0) is 11.3 Å². The second kappa shape index (κ2) is 4.55. The number of aromatic amines is 1. The average molecular weight is 233 g/mol. The van der Waals surface area contributed by atoms with Crippen LogP contribution in [0.4, 0.5) is 0 Å². The van der Waals surface area contributed by atoms with E-state index in [0.29, 0.717) is 6.54 Å². The maximum Gasteiger partial charge on any atom is 0.251 e. The third kappa shape index (κ3) is 2.45. The van der Waals surface area contributed by atoms with Crippen LogP contribution in [0, 0.1) is 0 Å². The van der Waals surface area contributed by atoms with Gasteiger partial charge in [0.1, 0.15) is 6.10 Å². The highest BCUT2D eigenvalue weighted by Gasteiger charge is 2.14. The van der Waals surface area contributed by atoms with E-state index in [-0.39, 0.29) is 5.91 Å². The smallest absolute Gasteiger partial charge is 0.251 e. The maximum absolute atomic E-state index is 11.5. The molecule has 1 amide bonds. The van der Waals surface area contributed by atoms with Gasteiger partial charge in [0.15, 0.2) is 0 Å². The van der Waals surface area contributed by atoms with Crippen LogP contribution in [0.15, 0.2) is 24.5 Å². The van der Waals surface area contributed by atoms with Crippen molar-refractivity contribution >= 4 is 16.9 Å². The van der Waals surface area contributed by atoms with Crippen molar-refractivity contribution < 1.29 is 9.90 Å². The summed E-state index contributed by atoms with van der Waals surface area (Å²) in [5.74, 6) is -0.283. The van der Waals surface area contributed by atoms with Crippen LogP contribution in [0.5, 0.6) is 0 Å². The van der Waals surface area contributed by atoms with Crippen molar-refractivity contribution in [3.05, 3.63) is 30.1 Å². The zero-order chi connectivity index (χ0) is 12.4. The summed E-state index contributed by atoms with van der Waals surface area (Å²) in [7, 11) is 1.67. The molecule has 1 aromatic heterocycles. The summed E-state index contributed by atoms with van der Waals surface area (Å²) in [6.07, 6.45) is 0.676. The van der Waals surface area contributed by atoms with Crippen molar-refractivity contribution in [3.8, 4) is 0 Å². The minimum Gasteiger partial charge on any atom is -0.384 e. The van der Waals surface area contributed by atoms with Gasteiger partial charge in [-0.25, -0.2) is 4.98 Å². The van der Waals surface area contributed by atoms with Crippen LogP contribution in [0.25, 0.3) is 11.0 Å². The fourth-order valence-electron chi connectivity index (χ4n) is 1.75. The lowest BCUT2D eigenvalue weighted by atomic mass is 10.2. The average Bonchev–Trinajstić information content (AvgIpc) is 2.74. The van der Waals surface area contributed by atoms with Crippen molar-refractivity contribution in [1.82, 2.24) is 14.9 Å². The highest BCUT2D eigenvalue weighted by atomic mass is 16.3. The number of nitrogens with zero attached hydrogens (tertiary/aromatic N) is 2. The molecule has 90 valence electrons. The first-order chi connectivity index (χ1) is 8.08. The predicted molar refractivity (Wildman–Crippen MR) is 64.2 cm³/mol. The summed E-state index contributed by atoms with van der Waals surface area (Å²) in [6.45, 7) is 1.94. The Morgan fingerprint density at radius 3 is 3.06 bits per heavy atom. The molecule has 1 unspecified atom stereocenters. The molecule has 1 atom stereocenters. The van der Waals surface area contributed by atoms with Crippen molar-refractivity contribution in [1.29, 1.82) is 0 Å². The lowest BCUT2D eigenvalue weighted by Gasteiger charge is -2.18. The number of fused-ring (bicyclic) bond motifs is 1. The van der Waals surface area contributed by atoms with Gasteiger partial charge < -0.3 is 15.0 Å².